The van der Waals surface area contributed by atoms with Crippen LogP contribution in [0.25, 0.3) is 0 Å². The van der Waals surface area contributed by atoms with Crippen molar-refractivity contribution in [3.05, 3.63) is 117 Å². The number of furan rings is 2. The maximum atomic E-state index is 12.5. The van der Waals surface area contributed by atoms with Gasteiger partial charge in [-0.2, -0.15) is 0 Å². The molecule has 0 saturated carbocycles. The van der Waals surface area contributed by atoms with Crippen LogP contribution in [-0.2, 0) is 5.33 Å². The maximum Gasteiger partial charge on any atom is 0.229 e. The second kappa shape index (κ2) is 10.3. The van der Waals surface area contributed by atoms with E-state index in [-0.39, 0.29) is 81.6 Å². The van der Waals surface area contributed by atoms with Gasteiger partial charge in [-0.3, -0.25) is 28.8 Å². The van der Waals surface area contributed by atoms with E-state index in [0.29, 0.717) is 27.8 Å². The molecule has 2 aromatic carbocycles. The Bertz CT molecular complexity index is 1680. The van der Waals surface area contributed by atoms with Crippen LogP contribution in [0.15, 0.2) is 63.4 Å². The van der Waals surface area contributed by atoms with Crippen molar-refractivity contribution in [2.75, 3.05) is 0 Å². The molecular weight excluding hydrogens is 568 g/mol. The Morgan fingerprint density at radius 1 is 0.667 bits per heavy atom. The minimum absolute atomic E-state index is 0. The van der Waals surface area contributed by atoms with Crippen molar-refractivity contribution in [2.45, 2.75) is 26.6 Å². The van der Waals surface area contributed by atoms with Gasteiger partial charge in [0.05, 0.1) is 11.1 Å². The average molecular weight is 589 g/mol. The third-order valence-electron chi connectivity index (χ3n) is 6.26. The number of rotatable bonds is 3. The lowest BCUT2D eigenvalue weighted by atomic mass is 9.86. The Balaban J connectivity index is 0.000000177. The summed E-state index contributed by atoms with van der Waals surface area (Å²) >= 11 is 3.25. The van der Waals surface area contributed by atoms with Crippen LogP contribution in [0.1, 0.15) is 112 Å². The van der Waals surface area contributed by atoms with E-state index in [1.54, 1.807) is 48.5 Å². The van der Waals surface area contributed by atoms with Crippen molar-refractivity contribution in [1.82, 2.24) is 0 Å². The first-order valence-corrected chi connectivity index (χ1v) is 12.5. The zero-order valence-corrected chi connectivity index (χ0v) is 21.6. The summed E-state index contributed by atoms with van der Waals surface area (Å²) in [5.41, 5.74) is 2.16. The van der Waals surface area contributed by atoms with Crippen LogP contribution in [0.5, 0.6) is 0 Å². The van der Waals surface area contributed by atoms with Gasteiger partial charge in [-0.1, -0.05) is 71.9 Å². The van der Waals surface area contributed by atoms with Crippen molar-refractivity contribution in [2.24, 2.45) is 0 Å². The molecule has 2 aliphatic rings. The van der Waals surface area contributed by atoms with Crippen LogP contribution in [0.4, 0.5) is 0 Å². The fourth-order valence-corrected chi connectivity index (χ4v) is 5.00. The monoisotopic (exact) mass is 588 g/mol. The number of Topliss-reactive ketones (excluding diaryl/α,β-unsaturated/α-hetero) is 2. The number of benzene rings is 2. The molecule has 9 heteroatoms. The molecule has 2 aliphatic carbocycles. The summed E-state index contributed by atoms with van der Waals surface area (Å²) in [5.74, 6) is -1.85. The SMILES string of the molecule is C.CC(=O)c1cc2c(o1)C(=O)c1ccccc1C2=O.CC(=O)c1oc2c(c1CBr)C(=O)c1ccccc1C2=O. The zero-order valence-electron chi connectivity index (χ0n) is 20.0. The summed E-state index contributed by atoms with van der Waals surface area (Å²) < 4.78 is 10.6. The highest BCUT2D eigenvalue weighted by molar-refractivity contribution is 9.08. The Morgan fingerprint density at radius 3 is 1.64 bits per heavy atom. The number of halogens is 1. The van der Waals surface area contributed by atoms with Gasteiger partial charge in [0.2, 0.25) is 11.6 Å². The maximum absolute atomic E-state index is 12.5. The van der Waals surface area contributed by atoms with Gasteiger partial charge in [-0.15, -0.1) is 0 Å². The molecule has 0 fully saturated rings. The van der Waals surface area contributed by atoms with Crippen molar-refractivity contribution in [3.8, 4) is 0 Å². The highest BCUT2D eigenvalue weighted by Gasteiger charge is 2.37. The minimum atomic E-state index is -0.357. The largest absolute Gasteiger partial charge is 0.449 e. The molecule has 0 saturated heterocycles. The second-order valence-corrected chi connectivity index (χ2v) is 9.18. The summed E-state index contributed by atoms with van der Waals surface area (Å²) in [6.07, 6.45) is 0. The van der Waals surface area contributed by atoms with Gasteiger partial charge >= 0.3 is 0 Å². The summed E-state index contributed by atoms with van der Waals surface area (Å²) in [6.45, 7) is 2.67. The Labute approximate surface area is 231 Å². The molecule has 6 rings (SSSR count). The predicted octanol–water partition coefficient (Wildman–Crippen LogP) is 6.05. The molecule has 0 N–H and O–H groups in total. The molecule has 8 nitrogen and oxygen atoms in total. The first kappa shape index (κ1) is 27.5. The van der Waals surface area contributed by atoms with E-state index in [1.807, 2.05) is 0 Å². The molecule has 0 atom stereocenters. The standard InChI is InChI=1S/C15H9BrO4.C14H8O4.CH4/c1-7(17)14-10(6-16)11-12(18)8-4-2-3-5-9(8)13(19)15(11)20-14;1-7(15)11-6-10-12(16)8-4-2-3-5-9(8)13(17)14(10)18-11;/h2-5H,6H2,1H3;2-6H,1H3;1H4. The van der Waals surface area contributed by atoms with Gasteiger partial charge in [0.15, 0.2) is 46.2 Å². The van der Waals surface area contributed by atoms with Gasteiger partial charge in [-0.05, 0) is 6.07 Å². The van der Waals surface area contributed by atoms with Gasteiger partial charge in [0.25, 0.3) is 0 Å². The van der Waals surface area contributed by atoms with Crippen molar-refractivity contribution in [1.29, 1.82) is 0 Å². The number of hydrogen-bond acceptors (Lipinski definition) is 8. The van der Waals surface area contributed by atoms with Crippen molar-refractivity contribution >= 4 is 50.6 Å². The lowest BCUT2D eigenvalue weighted by molar-refractivity contribution is 0.0943. The van der Waals surface area contributed by atoms with E-state index >= 15 is 0 Å². The molecule has 4 aromatic rings. The lowest BCUT2D eigenvalue weighted by Gasteiger charge is -2.13. The summed E-state index contributed by atoms with van der Waals surface area (Å²) in [5, 5.41) is 0.280. The first-order valence-electron chi connectivity index (χ1n) is 11.4. The summed E-state index contributed by atoms with van der Waals surface area (Å²) in [7, 11) is 0. The zero-order chi connectivity index (χ0) is 27.3. The molecule has 0 radical (unpaired) electrons. The fraction of sp³-hybridized carbons (Fsp3) is 0.133. The number of fused-ring (bicyclic) bond motifs is 4. The van der Waals surface area contributed by atoms with Gasteiger partial charge in [-0.25, -0.2) is 0 Å². The fourth-order valence-electron chi connectivity index (χ4n) is 4.46. The minimum Gasteiger partial charge on any atom is -0.449 e. The van der Waals surface area contributed by atoms with E-state index in [4.69, 9.17) is 8.83 Å². The van der Waals surface area contributed by atoms with Gasteiger partial charge < -0.3 is 8.83 Å². The van der Waals surface area contributed by atoms with Crippen LogP contribution < -0.4 is 0 Å². The molecule has 39 heavy (non-hydrogen) atoms. The van der Waals surface area contributed by atoms with Crippen LogP contribution in [0.3, 0.4) is 0 Å². The van der Waals surface area contributed by atoms with E-state index in [2.05, 4.69) is 15.9 Å². The van der Waals surface area contributed by atoms with E-state index in [9.17, 15) is 28.8 Å². The quantitative estimate of drug-likeness (QED) is 0.180. The molecule has 2 heterocycles. The van der Waals surface area contributed by atoms with Gasteiger partial charge in [0.1, 0.15) is 0 Å². The van der Waals surface area contributed by atoms with Crippen molar-refractivity contribution in [3.63, 3.8) is 0 Å². The number of ketones is 6. The highest BCUT2D eigenvalue weighted by atomic mass is 79.9. The Kier molecular flexibility index (Phi) is 7.30. The number of hydrogen-bond donors (Lipinski definition) is 0. The third kappa shape index (κ3) is 4.34. The van der Waals surface area contributed by atoms with Crippen LogP contribution in [0, 0.1) is 0 Å². The summed E-state index contributed by atoms with van der Waals surface area (Å²) in [4.78, 5) is 72.0. The predicted molar refractivity (Wildman–Crippen MR) is 143 cm³/mol. The highest BCUT2D eigenvalue weighted by Crippen LogP contribution is 2.34. The molecule has 0 amide bonds. The molecule has 0 aliphatic heterocycles. The molecule has 0 bridgehead atoms. The normalized spacial score (nSPS) is 12.8. The summed E-state index contributed by atoms with van der Waals surface area (Å²) in [6, 6.07) is 14.5. The van der Waals surface area contributed by atoms with Crippen LogP contribution in [-0.4, -0.2) is 34.7 Å². The third-order valence-corrected chi connectivity index (χ3v) is 6.82. The van der Waals surface area contributed by atoms with E-state index in [0.717, 1.165) is 0 Å². The van der Waals surface area contributed by atoms with Crippen LogP contribution >= 0.6 is 15.9 Å². The molecule has 196 valence electrons. The number of alkyl halides is 1. The van der Waals surface area contributed by atoms with Crippen LogP contribution in [0.2, 0.25) is 0 Å². The van der Waals surface area contributed by atoms with Crippen molar-refractivity contribution < 1.29 is 37.6 Å². The van der Waals surface area contributed by atoms with E-state index < -0.39 is 0 Å². The second-order valence-electron chi connectivity index (χ2n) is 8.62. The molecule has 0 spiro atoms. The Morgan fingerprint density at radius 2 is 1.15 bits per heavy atom. The Hall–Kier alpha value is -4.50. The molecule has 2 aromatic heterocycles. The molecule has 0 unspecified atom stereocenters. The average Bonchev–Trinajstić information content (AvgIpc) is 3.54. The lowest BCUT2D eigenvalue weighted by Crippen LogP contribution is -2.20. The van der Waals surface area contributed by atoms with E-state index in [1.165, 1.54) is 19.9 Å². The number of carbonyl (C=O) groups is 6. The molecular formula is C30H21BrO8. The topological polar surface area (TPSA) is 129 Å². The number of carbonyl (C=O) groups excluding carboxylic acids is 6. The first-order chi connectivity index (χ1) is 18.1. The smallest absolute Gasteiger partial charge is 0.229 e. The van der Waals surface area contributed by atoms with Gasteiger partial charge in [0, 0.05) is 47.0 Å².